The van der Waals surface area contributed by atoms with Crippen LogP contribution >= 0.6 is 34.4 Å². The maximum absolute atomic E-state index is 4.44. The lowest BCUT2D eigenvalue weighted by molar-refractivity contribution is 0.910. The van der Waals surface area contributed by atoms with Crippen LogP contribution in [0.3, 0.4) is 0 Å². The molecule has 1 N–H and O–H groups in total. The van der Waals surface area contributed by atoms with Gasteiger partial charge in [0.25, 0.3) is 0 Å². The molecule has 0 saturated heterocycles. The summed E-state index contributed by atoms with van der Waals surface area (Å²) < 4.78 is 3.56. The van der Waals surface area contributed by atoms with Crippen molar-refractivity contribution in [3.8, 4) is 0 Å². The number of rotatable bonds is 5. The lowest BCUT2D eigenvalue weighted by Gasteiger charge is -1.92. The van der Waals surface area contributed by atoms with Crippen molar-refractivity contribution in [3.63, 3.8) is 0 Å². The Morgan fingerprint density at radius 1 is 1.42 bits per heavy atom. The van der Waals surface area contributed by atoms with Crippen LogP contribution in [0.1, 0.15) is 5.69 Å². The molecule has 9 heteroatoms. The Morgan fingerprint density at radius 2 is 2.32 bits per heavy atom. The molecule has 19 heavy (non-hydrogen) atoms. The number of fused-ring (bicyclic) bond motifs is 1. The zero-order valence-electron chi connectivity index (χ0n) is 10.0. The van der Waals surface area contributed by atoms with Gasteiger partial charge in [0.1, 0.15) is 0 Å². The molecule has 3 rings (SSSR count). The van der Waals surface area contributed by atoms with Crippen molar-refractivity contribution >= 4 is 44.5 Å². The minimum absolute atomic E-state index is 0.684. The van der Waals surface area contributed by atoms with Gasteiger partial charge in [-0.15, -0.1) is 21.9 Å². The molecule has 0 aliphatic rings. The highest BCUT2D eigenvalue weighted by Gasteiger charge is 2.11. The van der Waals surface area contributed by atoms with E-state index >= 15 is 0 Å². The molecular formula is C10H10N6S3. The Morgan fingerprint density at radius 3 is 3.11 bits per heavy atom. The summed E-state index contributed by atoms with van der Waals surface area (Å²) in [6, 6.07) is 0. The monoisotopic (exact) mass is 310 g/mol. The van der Waals surface area contributed by atoms with Crippen molar-refractivity contribution in [1.82, 2.24) is 24.8 Å². The Bertz CT molecular complexity index is 680. The second kappa shape index (κ2) is 5.27. The predicted molar refractivity (Wildman–Crippen MR) is 78.3 cm³/mol. The Hall–Kier alpha value is -1.45. The van der Waals surface area contributed by atoms with E-state index in [2.05, 4.69) is 32.2 Å². The van der Waals surface area contributed by atoms with Crippen LogP contribution in [0.2, 0.25) is 0 Å². The van der Waals surface area contributed by atoms with Crippen LogP contribution in [0, 0.1) is 6.92 Å². The topological polar surface area (TPSA) is 68.0 Å². The van der Waals surface area contributed by atoms with Gasteiger partial charge in [-0.25, -0.2) is 9.50 Å². The highest BCUT2D eigenvalue weighted by Crippen LogP contribution is 2.34. The Balaban J connectivity index is 1.74. The summed E-state index contributed by atoms with van der Waals surface area (Å²) in [5.41, 5.74) is 0.974. The summed E-state index contributed by atoms with van der Waals surface area (Å²) in [4.78, 5) is 5.27. The van der Waals surface area contributed by atoms with Crippen LogP contribution in [-0.4, -0.2) is 31.3 Å². The van der Waals surface area contributed by atoms with E-state index in [9.17, 15) is 0 Å². The molecule has 98 valence electrons. The van der Waals surface area contributed by atoms with E-state index in [4.69, 9.17) is 0 Å². The first kappa shape index (κ1) is 12.6. The molecule has 0 atom stereocenters. The van der Waals surface area contributed by atoms with Gasteiger partial charge in [-0.2, -0.15) is 0 Å². The molecule has 0 aliphatic carbocycles. The number of hydrogen-bond donors (Lipinski definition) is 1. The molecule has 0 bridgehead atoms. The van der Waals surface area contributed by atoms with Crippen LogP contribution in [0.15, 0.2) is 27.5 Å². The lowest BCUT2D eigenvalue weighted by Crippen LogP contribution is -1.96. The van der Waals surface area contributed by atoms with E-state index in [0.29, 0.717) is 6.54 Å². The fraction of sp³-hybridized carbons (Fsp3) is 0.200. The number of nitrogens with zero attached hydrogens (tertiary/aromatic N) is 5. The minimum Gasteiger partial charge on any atom is -0.357 e. The van der Waals surface area contributed by atoms with Gasteiger partial charge in [-0.1, -0.05) is 28.7 Å². The first-order valence-corrected chi connectivity index (χ1v) is 7.88. The second-order valence-corrected chi connectivity index (χ2v) is 7.05. The van der Waals surface area contributed by atoms with Crippen LogP contribution in [0.4, 0.5) is 5.13 Å². The van der Waals surface area contributed by atoms with E-state index in [0.717, 1.165) is 24.5 Å². The number of aryl methyl sites for hydroxylation is 1. The molecular weight excluding hydrogens is 300 g/mol. The summed E-state index contributed by atoms with van der Waals surface area (Å²) in [5.74, 6) is 0. The fourth-order valence-corrected chi connectivity index (χ4v) is 4.32. The van der Waals surface area contributed by atoms with Gasteiger partial charge in [0.2, 0.25) is 10.1 Å². The van der Waals surface area contributed by atoms with E-state index in [-0.39, 0.29) is 0 Å². The van der Waals surface area contributed by atoms with Crippen molar-refractivity contribution in [2.45, 2.75) is 15.6 Å². The first-order valence-electron chi connectivity index (χ1n) is 5.43. The summed E-state index contributed by atoms with van der Waals surface area (Å²) in [5, 5.41) is 16.5. The fourth-order valence-electron chi connectivity index (χ4n) is 1.39. The highest BCUT2D eigenvalue weighted by atomic mass is 32.2. The maximum atomic E-state index is 4.44. The molecule has 0 fully saturated rings. The molecule has 3 heterocycles. The van der Waals surface area contributed by atoms with E-state index in [1.54, 1.807) is 21.9 Å². The number of hydrogen-bond acceptors (Lipinski definition) is 8. The predicted octanol–water partition coefficient (Wildman–Crippen LogP) is 2.70. The number of aromatic nitrogens is 5. The summed E-state index contributed by atoms with van der Waals surface area (Å²) >= 11 is 4.55. The summed E-state index contributed by atoms with van der Waals surface area (Å²) in [6.45, 7) is 6.29. The summed E-state index contributed by atoms with van der Waals surface area (Å²) in [7, 11) is 0. The molecule has 0 radical (unpaired) electrons. The SMILES string of the molecule is C=CCNc1nnc(Sc2nn3cc(C)nc3s2)s1. The molecule has 3 aromatic rings. The van der Waals surface area contributed by atoms with Gasteiger partial charge in [0, 0.05) is 6.54 Å². The standard InChI is InChI=1S/C10H10N6S3/c1-3-4-11-7-13-14-9(17-7)19-10-15-16-5-6(2)12-8(16)18-10/h3,5H,1,4H2,2H3,(H,11,13). The van der Waals surface area contributed by atoms with E-state index in [1.165, 1.54) is 23.1 Å². The molecule has 0 aromatic carbocycles. The highest BCUT2D eigenvalue weighted by molar-refractivity contribution is 8.02. The van der Waals surface area contributed by atoms with Crippen molar-refractivity contribution in [1.29, 1.82) is 0 Å². The molecule has 0 spiro atoms. The third kappa shape index (κ3) is 2.77. The Kier molecular flexibility index (Phi) is 3.49. The van der Waals surface area contributed by atoms with Crippen LogP contribution in [-0.2, 0) is 0 Å². The minimum atomic E-state index is 0.684. The third-order valence-electron chi connectivity index (χ3n) is 2.12. The molecule has 0 amide bonds. The third-order valence-corrected chi connectivity index (χ3v) is 5.03. The molecule has 0 saturated carbocycles. The average molecular weight is 310 g/mol. The molecule has 0 unspecified atom stereocenters. The van der Waals surface area contributed by atoms with Gasteiger partial charge in [-0.3, -0.25) is 0 Å². The van der Waals surface area contributed by atoms with Gasteiger partial charge < -0.3 is 5.32 Å². The van der Waals surface area contributed by atoms with Crippen molar-refractivity contribution in [2.75, 3.05) is 11.9 Å². The van der Waals surface area contributed by atoms with E-state index < -0.39 is 0 Å². The number of imidazole rings is 1. The summed E-state index contributed by atoms with van der Waals surface area (Å²) in [6.07, 6.45) is 3.69. The van der Waals surface area contributed by atoms with E-state index in [1.807, 2.05) is 13.1 Å². The van der Waals surface area contributed by atoms with Crippen LogP contribution in [0.25, 0.3) is 4.96 Å². The normalized spacial score (nSPS) is 11.0. The lowest BCUT2D eigenvalue weighted by atomic mass is 10.6. The zero-order chi connectivity index (χ0) is 13.2. The van der Waals surface area contributed by atoms with Crippen LogP contribution < -0.4 is 5.32 Å². The molecule has 6 nitrogen and oxygen atoms in total. The van der Waals surface area contributed by atoms with Crippen molar-refractivity contribution in [3.05, 3.63) is 24.5 Å². The molecule has 0 aliphatic heterocycles. The maximum Gasteiger partial charge on any atom is 0.213 e. The average Bonchev–Trinajstić information content (AvgIpc) is 3.02. The smallest absolute Gasteiger partial charge is 0.213 e. The van der Waals surface area contributed by atoms with Crippen LogP contribution in [0.5, 0.6) is 0 Å². The number of nitrogens with one attached hydrogen (secondary N) is 1. The number of anilines is 1. The first-order chi connectivity index (χ1) is 9.24. The van der Waals surface area contributed by atoms with Crippen molar-refractivity contribution in [2.24, 2.45) is 0 Å². The Labute approximate surface area is 121 Å². The molecule has 3 aromatic heterocycles. The zero-order valence-corrected chi connectivity index (χ0v) is 12.5. The van der Waals surface area contributed by atoms with Gasteiger partial charge in [0.05, 0.1) is 11.9 Å². The second-order valence-electron chi connectivity index (χ2n) is 3.62. The largest absolute Gasteiger partial charge is 0.357 e. The quantitative estimate of drug-likeness (QED) is 0.731. The van der Waals surface area contributed by atoms with Gasteiger partial charge >= 0.3 is 0 Å². The van der Waals surface area contributed by atoms with Gasteiger partial charge in [0.15, 0.2) is 8.68 Å². The van der Waals surface area contributed by atoms with Gasteiger partial charge in [-0.05, 0) is 18.7 Å². The van der Waals surface area contributed by atoms with Crippen molar-refractivity contribution < 1.29 is 0 Å².